The molecule has 4 rings (SSSR count). The first-order valence-corrected chi connectivity index (χ1v) is 12.7. The van der Waals surface area contributed by atoms with Gasteiger partial charge in [0.05, 0.1) is 4.90 Å². The molecule has 0 unspecified atom stereocenters. The molecule has 0 bridgehead atoms. The molecular formula is C26H25N3O5S. The van der Waals surface area contributed by atoms with Crippen LogP contribution in [0, 0.1) is 0 Å². The first-order valence-electron chi connectivity index (χ1n) is 11.2. The number of nitrogens with one attached hydrogen (secondary N) is 1. The van der Waals surface area contributed by atoms with Gasteiger partial charge in [0.25, 0.3) is 17.7 Å². The van der Waals surface area contributed by atoms with Crippen molar-refractivity contribution >= 4 is 27.6 Å². The van der Waals surface area contributed by atoms with Crippen molar-refractivity contribution in [3.8, 4) is 0 Å². The Kier molecular flexibility index (Phi) is 7.26. The third-order valence-electron chi connectivity index (χ3n) is 5.80. The van der Waals surface area contributed by atoms with Crippen LogP contribution in [0.25, 0.3) is 0 Å². The van der Waals surface area contributed by atoms with E-state index in [2.05, 4.69) is 5.32 Å². The molecule has 35 heavy (non-hydrogen) atoms. The molecule has 0 aromatic heterocycles. The summed E-state index contributed by atoms with van der Waals surface area (Å²) in [6.07, 6.45) is 0. The lowest BCUT2D eigenvalue weighted by molar-refractivity contribution is -0.132. The van der Waals surface area contributed by atoms with E-state index in [1.165, 1.54) is 17.0 Å². The zero-order valence-electron chi connectivity index (χ0n) is 18.9. The van der Waals surface area contributed by atoms with Gasteiger partial charge in [0, 0.05) is 37.3 Å². The van der Waals surface area contributed by atoms with Crippen LogP contribution in [0.3, 0.4) is 0 Å². The van der Waals surface area contributed by atoms with Crippen molar-refractivity contribution < 1.29 is 22.8 Å². The van der Waals surface area contributed by atoms with Gasteiger partial charge < -0.3 is 15.1 Å². The second kappa shape index (κ2) is 10.5. The molecule has 1 N–H and O–H groups in total. The molecule has 8 nitrogen and oxygen atoms in total. The molecule has 3 aromatic carbocycles. The van der Waals surface area contributed by atoms with Crippen molar-refractivity contribution in [2.45, 2.75) is 10.3 Å². The highest BCUT2D eigenvalue weighted by molar-refractivity contribution is 7.92. The zero-order valence-corrected chi connectivity index (χ0v) is 19.7. The summed E-state index contributed by atoms with van der Waals surface area (Å²) < 4.78 is 26.8. The molecular weight excluding hydrogens is 466 g/mol. The van der Waals surface area contributed by atoms with Crippen molar-refractivity contribution in [3.05, 3.63) is 102 Å². The Morgan fingerprint density at radius 3 is 1.66 bits per heavy atom. The molecule has 1 aliphatic rings. The van der Waals surface area contributed by atoms with E-state index in [0.717, 1.165) is 0 Å². The zero-order chi connectivity index (χ0) is 24.8. The standard InChI is InChI=1S/C26H25N3O5S/c30-23(20-10-4-1-5-11-20)27-24(35(33,34)22-14-8-3-9-15-22)26(32)29-18-16-28(17-19-29)25(31)21-12-6-2-7-13-21/h1-15,24H,16-19H2,(H,27,30)/t24-/m1/s1. The monoisotopic (exact) mass is 491 g/mol. The quantitative estimate of drug-likeness (QED) is 0.569. The summed E-state index contributed by atoms with van der Waals surface area (Å²) in [4.78, 5) is 41.9. The number of sulfone groups is 1. The Hall–Kier alpha value is -3.98. The largest absolute Gasteiger partial charge is 0.336 e. The second-order valence-electron chi connectivity index (χ2n) is 8.06. The third kappa shape index (κ3) is 5.41. The van der Waals surface area contributed by atoms with E-state index < -0.39 is 27.0 Å². The van der Waals surface area contributed by atoms with Crippen molar-refractivity contribution in [2.24, 2.45) is 0 Å². The molecule has 1 fully saturated rings. The van der Waals surface area contributed by atoms with E-state index in [-0.39, 0.29) is 42.5 Å². The average Bonchev–Trinajstić information content (AvgIpc) is 2.92. The normalized spacial score (nSPS) is 14.7. The van der Waals surface area contributed by atoms with E-state index in [9.17, 15) is 22.8 Å². The van der Waals surface area contributed by atoms with Crippen LogP contribution in [0.2, 0.25) is 0 Å². The average molecular weight is 492 g/mol. The molecule has 9 heteroatoms. The fourth-order valence-electron chi connectivity index (χ4n) is 3.87. The van der Waals surface area contributed by atoms with Crippen LogP contribution in [0.4, 0.5) is 0 Å². The van der Waals surface area contributed by atoms with Crippen LogP contribution in [0.1, 0.15) is 20.7 Å². The molecule has 1 saturated heterocycles. The molecule has 3 aromatic rings. The van der Waals surface area contributed by atoms with Crippen molar-refractivity contribution in [1.29, 1.82) is 0 Å². The van der Waals surface area contributed by atoms with Crippen LogP contribution in [0.5, 0.6) is 0 Å². The van der Waals surface area contributed by atoms with Crippen LogP contribution in [0.15, 0.2) is 95.9 Å². The number of amides is 3. The number of hydrogen-bond donors (Lipinski definition) is 1. The lowest BCUT2D eigenvalue weighted by Crippen LogP contribution is -2.57. The predicted molar refractivity (Wildman–Crippen MR) is 130 cm³/mol. The van der Waals surface area contributed by atoms with Crippen molar-refractivity contribution in [2.75, 3.05) is 26.2 Å². The Labute approximate surface area is 204 Å². The highest BCUT2D eigenvalue weighted by Crippen LogP contribution is 2.18. The number of hydrogen-bond acceptors (Lipinski definition) is 5. The Morgan fingerprint density at radius 1 is 0.657 bits per heavy atom. The number of benzene rings is 3. The SMILES string of the molecule is O=C(N[C@@H](C(=O)N1CCN(C(=O)c2ccccc2)CC1)S(=O)(=O)c1ccccc1)c1ccccc1. The maximum absolute atomic E-state index is 13.5. The number of carbonyl (C=O) groups is 3. The molecule has 0 radical (unpaired) electrons. The summed E-state index contributed by atoms with van der Waals surface area (Å²) in [6.45, 7) is 0.813. The fraction of sp³-hybridized carbons (Fsp3) is 0.192. The van der Waals surface area contributed by atoms with Gasteiger partial charge in [0.15, 0.2) is 0 Å². The third-order valence-corrected chi connectivity index (χ3v) is 7.67. The summed E-state index contributed by atoms with van der Waals surface area (Å²) in [5.74, 6) is -1.55. The van der Waals surface area contributed by atoms with Gasteiger partial charge in [0.1, 0.15) is 0 Å². The van der Waals surface area contributed by atoms with Crippen molar-refractivity contribution in [1.82, 2.24) is 15.1 Å². The molecule has 0 spiro atoms. The Balaban J connectivity index is 1.54. The molecule has 0 saturated carbocycles. The minimum atomic E-state index is -4.23. The van der Waals surface area contributed by atoms with Gasteiger partial charge in [0.2, 0.25) is 15.2 Å². The number of rotatable bonds is 6. The van der Waals surface area contributed by atoms with Crippen LogP contribution < -0.4 is 5.32 Å². The van der Waals surface area contributed by atoms with E-state index in [1.807, 2.05) is 6.07 Å². The molecule has 1 heterocycles. The molecule has 0 aliphatic carbocycles. The summed E-state index contributed by atoms with van der Waals surface area (Å²) in [5.41, 5.74) is 0.791. The van der Waals surface area contributed by atoms with Crippen molar-refractivity contribution in [3.63, 3.8) is 0 Å². The van der Waals surface area contributed by atoms with Gasteiger partial charge in [-0.3, -0.25) is 14.4 Å². The number of piperazine rings is 1. The van der Waals surface area contributed by atoms with Crippen LogP contribution in [-0.4, -0.2) is 67.5 Å². The predicted octanol–water partition coefficient (Wildman–Crippen LogP) is 2.20. The fourth-order valence-corrected chi connectivity index (χ4v) is 5.35. The van der Waals surface area contributed by atoms with E-state index in [1.54, 1.807) is 77.7 Å². The van der Waals surface area contributed by atoms with Gasteiger partial charge >= 0.3 is 0 Å². The molecule has 1 aliphatic heterocycles. The first kappa shape index (κ1) is 24.2. The topological polar surface area (TPSA) is 104 Å². The highest BCUT2D eigenvalue weighted by Gasteiger charge is 2.39. The van der Waals surface area contributed by atoms with E-state index in [4.69, 9.17) is 0 Å². The van der Waals surface area contributed by atoms with Crippen LogP contribution in [-0.2, 0) is 14.6 Å². The number of nitrogens with zero attached hydrogens (tertiary/aromatic N) is 2. The maximum Gasteiger partial charge on any atom is 0.261 e. The van der Waals surface area contributed by atoms with Gasteiger partial charge in [-0.1, -0.05) is 54.6 Å². The molecule has 3 amide bonds. The minimum Gasteiger partial charge on any atom is -0.336 e. The lowest BCUT2D eigenvalue weighted by atomic mass is 10.2. The smallest absolute Gasteiger partial charge is 0.261 e. The second-order valence-corrected chi connectivity index (χ2v) is 10.1. The summed E-state index contributed by atoms with van der Waals surface area (Å²) >= 11 is 0. The van der Waals surface area contributed by atoms with Gasteiger partial charge in [-0.15, -0.1) is 0 Å². The van der Waals surface area contributed by atoms with Gasteiger partial charge in [-0.05, 0) is 36.4 Å². The summed E-state index contributed by atoms with van der Waals surface area (Å²) in [6, 6.07) is 24.5. The maximum atomic E-state index is 13.5. The molecule has 1 atom stereocenters. The highest BCUT2D eigenvalue weighted by atomic mass is 32.2. The van der Waals surface area contributed by atoms with E-state index >= 15 is 0 Å². The summed E-state index contributed by atoms with van der Waals surface area (Å²) in [5, 5.41) is 0.633. The summed E-state index contributed by atoms with van der Waals surface area (Å²) in [7, 11) is -4.23. The Bertz CT molecular complexity index is 1290. The molecule has 180 valence electrons. The number of carbonyl (C=O) groups excluding carboxylic acids is 3. The van der Waals surface area contributed by atoms with Crippen LogP contribution >= 0.6 is 0 Å². The van der Waals surface area contributed by atoms with Gasteiger partial charge in [-0.2, -0.15) is 0 Å². The van der Waals surface area contributed by atoms with E-state index in [0.29, 0.717) is 5.56 Å². The minimum absolute atomic E-state index is 0.0652. The lowest BCUT2D eigenvalue weighted by Gasteiger charge is -2.36. The Morgan fingerprint density at radius 2 is 1.11 bits per heavy atom. The first-order chi connectivity index (χ1) is 16.9. The van der Waals surface area contributed by atoms with Gasteiger partial charge in [-0.25, -0.2) is 8.42 Å².